The van der Waals surface area contributed by atoms with Crippen molar-refractivity contribution in [3.8, 4) is 5.88 Å². The second-order valence-electron chi connectivity index (χ2n) is 9.61. The van der Waals surface area contributed by atoms with Crippen molar-refractivity contribution in [1.29, 1.82) is 0 Å². The van der Waals surface area contributed by atoms with Gasteiger partial charge >= 0.3 is 0 Å². The van der Waals surface area contributed by atoms with Crippen molar-refractivity contribution in [2.75, 3.05) is 20.3 Å². The van der Waals surface area contributed by atoms with Crippen molar-refractivity contribution in [2.45, 2.75) is 65.1 Å². The van der Waals surface area contributed by atoms with Crippen LogP contribution in [0.1, 0.15) is 61.1 Å². The number of likely N-dealkylation sites (tertiary alicyclic amines) is 1. The molecule has 2 N–H and O–H groups in total. The van der Waals surface area contributed by atoms with E-state index in [1.54, 1.807) is 29.6 Å². The van der Waals surface area contributed by atoms with E-state index in [9.17, 15) is 19.5 Å². The van der Waals surface area contributed by atoms with Gasteiger partial charge in [0.2, 0.25) is 11.8 Å². The van der Waals surface area contributed by atoms with E-state index < -0.39 is 11.5 Å². The van der Waals surface area contributed by atoms with Crippen LogP contribution < -0.4 is 10.9 Å². The van der Waals surface area contributed by atoms with E-state index in [2.05, 4.69) is 10.4 Å². The molecule has 3 heterocycles. The van der Waals surface area contributed by atoms with Crippen molar-refractivity contribution in [1.82, 2.24) is 24.4 Å². The molecule has 2 aromatic heterocycles. The van der Waals surface area contributed by atoms with E-state index in [0.29, 0.717) is 36.6 Å². The van der Waals surface area contributed by atoms with Crippen LogP contribution in [0.5, 0.6) is 5.88 Å². The molecule has 0 unspecified atom stereocenters. The maximum atomic E-state index is 13.2. The molecule has 184 valence electrons. The number of aromatic nitrogens is 3. The Balaban J connectivity index is 1.78. The summed E-state index contributed by atoms with van der Waals surface area (Å²) in [7, 11) is 1.62. The molecule has 34 heavy (non-hydrogen) atoms. The summed E-state index contributed by atoms with van der Waals surface area (Å²) in [5, 5.41) is 18.2. The molecule has 2 aromatic rings. The van der Waals surface area contributed by atoms with Crippen molar-refractivity contribution < 1.29 is 19.4 Å². The molecular formula is C24H33N5O5. The largest absolute Gasteiger partial charge is 0.494 e. The van der Waals surface area contributed by atoms with Gasteiger partial charge in [0.05, 0.1) is 18.3 Å². The summed E-state index contributed by atoms with van der Waals surface area (Å²) in [6.07, 6.45) is 6.67. The fourth-order valence-corrected chi connectivity index (χ4v) is 4.52. The minimum absolute atomic E-state index is 0.0388. The summed E-state index contributed by atoms with van der Waals surface area (Å²) < 4.78 is 7.94. The summed E-state index contributed by atoms with van der Waals surface area (Å²) in [6, 6.07) is 0.0831. The van der Waals surface area contributed by atoms with Crippen molar-refractivity contribution in [3.05, 3.63) is 33.3 Å². The molecule has 1 atom stereocenters. The zero-order chi connectivity index (χ0) is 24.6. The highest BCUT2D eigenvalue weighted by atomic mass is 16.5. The van der Waals surface area contributed by atoms with Gasteiger partial charge in [-0.3, -0.25) is 19.0 Å². The third kappa shape index (κ3) is 4.59. The van der Waals surface area contributed by atoms with Gasteiger partial charge in [-0.1, -0.05) is 13.8 Å². The SMILES string of the molecule is COC[C@H]1CCCN1C(=O)/C=C/c1c(C)nn2c(=O)c(C(=O)NC3CC3)c(O)n(CC(C)C)c12. The predicted octanol–water partition coefficient (Wildman–Crippen LogP) is 1.71. The number of carbonyl (C=O) groups is 2. The van der Waals surface area contributed by atoms with Gasteiger partial charge in [-0.25, -0.2) is 0 Å². The van der Waals surface area contributed by atoms with Crippen LogP contribution in [0.2, 0.25) is 0 Å². The normalized spacial score (nSPS) is 18.5. The number of aryl methyl sites for hydroxylation is 1. The van der Waals surface area contributed by atoms with Crippen molar-refractivity contribution in [2.24, 2.45) is 5.92 Å². The average molecular weight is 472 g/mol. The summed E-state index contributed by atoms with van der Waals surface area (Å²) >= 11 is 0. The lowest BCUT2D eigenvalue weighted by molar-refractivity contribution is -0.127. The topological polar surface area (TPSA) is 118 Å². The molecule has 1 aliphatic carbocycles. The number of nitrogens with one attached hydrogen (secondary N) is 1. The number of nitrogens with zero attached hydrogens (tertiary/aromatic N) is 4. The number of carbonyl (C=O) groups excluding carboxylic acids is 2. The maximum Gasteiger partial charge on any atom is 0.291 e. The van der Waals surface area contributed by atoms with Crippen LogP contribution in [-0.2, 0) is 16.1 Å². The van der Waals surface area contributed by atoms with Crippen molar-refractivity contribution >= 4 is 23.5 Å². The Morgan fingerprint density at radius 3 is 2.68 bits per heavy atom. The average Bonchev–Trinajstić information content (AvgIpc) is 3.35. The van der Waals surface area contributed by atoms with Gasteiger partial charge < -0.3 is 20.1 Å². The van der Waals surface area contributed by atoms with Crippen molar-refractivity contribution in [3.63, 3.8) is 0 Å². The van der Waals surface area contributed by atoms with Gasteiger partial charge in [0.15, 0.2) is 5.56 Å². The second kappa shape index (κ2) is 9.61. The van der Waals surface area contributed by atoms with Gasteiger partial charge in [0, 0.05) is 37.9 Å². The monoisotopic (exact) mass is 471 g/mol. The highest BCUT2D eigenvalue weighted by Gasteiger charge is 2.31. The maximum absolute atomic E-state index is 13.2. The van der Waals surface area contributed by atoms with Gasteiger partial charge in [0.1, 0.15) is 5.65 Å². The van der Waals surface area contributed by atoms with E-state index in [4.69, 9.17) is 4.74 Å². The number of methoxy groups -OCH3 is 1. The number of rotatable bonds is 8. The number of amides is 2. The van der Waals surface area contributed by atoms with Crippen LogP contribution in [0, 0.1) is 12.8 Å². The van der Waals surface area contributed by atoms with Gasteiger partial charge in [-0.05, 0) is 44.6 Å². The lowest BCUT2D eigenvalue weighted by Crippen LogP contribution is -2.37. The van der Waals surface area contributed by atoms with E-state index in [1.165, 1.54) is 6.08 Å². The zero-order valence-electron chi connectivity index (χ0n) is 20.2. The van der Waals surface area contributed by atoms with Gasteiger partial charge in [-0.15, -0.1) is 0 Å². The first-order valence-corrected chi connectivity index (χ1v) is 11.9. The molecule has 4 rings (SSSR count). The van der Waals surface area contributed by atoms with Crippen LogP contribution in [0.4, 0.5) is 0 Å². The van der Waals surface area contributed by atoms with Crippen LogP contribution in [0.15, 0.2) is 10.9 Å². The summed E-state index contributed by atoms with van der Waals surface area (Å²) in [5.41, 5.74) is 0.439. The van der Waals surface area contributed by atoms with Crippen LogP contribution >= 0.6 is 0 Å². The fraction of sp³-hybridized carbons (Fsp3) is 0.583. The molecule has 10 heteroatoms. The highest BCUT2D eigenvalue weighted by Crippen LogP contribution is 2.26. The Morgan fingerprint density at radius 1 is 1.29 bits per heavy atom. The second-order valence-corrected chi connectivity index (χ2v) is 9.61. The van der Waals surface area contributed by atoms with E-state index in [1.807, 2.05) is 13.8 Å². The first kappa shape index (κ1) is 24.0. The Morgan fingerprint density at radius 2 is 2.03 bits per heavy atom. The van der Waals surface area contributed by atoms with E-state index in [0.717, 1.165) is 30.2 Å². The number of hydrogen-bond acceptors (Lipinski definition) is 6. The first-order chi connectivity index (χ1) is 16.2. The Labute approximate surface area is 198 Å². The molecule has 0 aromatic carbocycles. The summed E-state index contributed by atoms with van der Waals surface area (Å²) in [5.74, 6) is -1.00. The fourth-order valence-electron chi connectivity index (χ4n) is 4.52. The summed E-state index contributed by atoms with van der Waals surface area (Å²) in [4.78, 5) is 40.7. The molecule has 0 bridgehead atoms. The first-order valence-electron chi connectivity index (χ1n) is 11.9. The van der Waals surface area contributed by atoms with Crippen LogP contribution in [0.25, 0.3) is 11.7 Å². The third-order valence-corrected chi connectivity index (χ3v) is 6.32. The lowest BCUT2D eigenvalue weighted by Gasteiger charge is -2.22. The third-order valence-electron chi connectivity index (χ3n) is 6.32. The number of aromatic hydroxyl groups is 1. The number of ether oxygens (including phenoxy) is 1. The van der Waals surface area contributed by atoms with E-state index >= 15 is 0 Å². The number of hydrogen-bond donors (Lipinski definition) is 2. The molecule has 2 amide bonds. The van der Waals surface area contributed by atoms with E-state index in [-0.39, 0.29) is 35.4 Å². The van der Waals surface area contributed by atoms with Gasteiger partial charge in [0.25, 0.3) is 11.5 Å². The lowest BCUT2D eigenvalue weighted by atomic mass is 10.1. The Hall–Kier alpha value is -3.14. The molecule has 2 fully saturated rings. The highest BCUT2D eigenvalue weighted by molar-refractivity contribution is 5.97. The zero-order valence-corrected chi connectivity index (χ0v) is 20.2. The standard InChI is InChI=1S/C24H33N5O5/c1-14(2)12-28-22-18(9-10-19(30)27-11-5-6-17(27)13-34-4)15(3)26-29(22)24(33)20(23(28)32)21(31)25-16-7-8-16/h9-10,14,16-17,32H,5-8,11-13H2,1-4H3,(H,25,31)/b10-9+/t17-/m1/s1. The molecule has 2 aliphatic rings. The quantitative estimate of drug-likeness (QED) is 0.566. The summed E-state index contributed by atoms with van der Waals surface area (Å²) in [6.45, 7) is 7.21. The van der Waals surface area contributed by atoms with Crippen LogP contribution in [0.3, 0.4) is 0 Å². The Kier molecular flexibility index (Phi) is 6.79. The molecule has 1 saturated carbocycles. The minimum Gasteiger partial charge on any atom is -0.494 e. The predicted molar refractivity (Wildman–Crippen MR) is 127 cm³/mol. The molecule has 0 spiro atoms. The molecule has 0 radical (unpaired) electrons. The smallest absolute Gasteiger partial charge is 0.291 e. The molecule has 1 aliphatic heterocycles. The minimum atomic E-state index is -0.681. The molecular weight excluding hydrogens is 438 g/mol. The molecule has 10 nitrogen and oxygen atoms in total. The number of fused-ring (bicyclic) bond motifs is 1. The van der Waals surface area contributed by atoms with Crippen LogP contribution in [-0.4, -0.2) is 68.3 Å². The van der Waals surface area contributed by atoms with Gasteiger partial charge in [-0.2, -0.15) is 9.61 Å². The molecule has 1 saturated heterocycles. The Bertz CT molecular complexity index is 1190.